The molecule has 0 atom stereocenters. The highest BCUT2D eigenvalue weighted by Gasteiger charge is 2.12. The van der Waals surface area contributed by atoms with Gasteiger partial charge >= 0.3 is 0 Å². The van der Waals surface area contributed by atoms with E-state index in [0.717, 1.165) is 38.4 Å². The molecular formula is C9H14N6. The molecule has 1 aromatic rings. The second-order valence-corrected chi connectivity index (χ2v) is 3.57. The summed E-state index contributed by atoms with van der Waals surface area (Å²) < 4.78 is 1.65. The van der Waals surface area contributed by atoms with Crippen LogP contribution < -0.4 is 5.32 Å². The Kier molecular flexibility index (Phi) is 3.27. The Balaban J connectivity index is 1.97. The van der Waals surface area contributed by atoms with E-state index in [1.807, 2.05) is 0 Å². The van der Waals surface area contributed by atoms with Crippen molar-refractivity contribution in [1.82, 2.24) is 25.2 Å². The summed E-state index contributed by atoms with van der Waals surface area (Å²) in [5, 5.41) is 19.6. The normalized spacial score (nSPS) is 17.5. The van der Waals surface area contributed by atoms with Crippen molar-refractivity contribution >= 4 is 0 Å². The van der Waals surface area contributed by atoms with Crippen LogP contribution in [0.15, 0.2) is 6.20 Å². The van der Waals surface area contributed by atoms with Gasteiger partial charge in [-0.15, -0.1) is 5.10 Å². The highest BCUT2D eigenvalue weighted by molar-refractivity contribution is 4.96. The first-order valence-corrected chi connectivity index (χ1v) is 5.07. The number of piperazine rings is 1. The quantitative estimate of drug-likeness (QED) is 0.701. The van der Waals surface area contributed by atoms with E-state index in [1.54, 1.807) is 10.9 Å². The molecule has 0 bridgehead atoms. The van der Waals surface area contributed by atoms with Gasteiger partial charge in [-0.25, -0.2) is 4.68 Å². The fourth-order valence-corrected chi connectivity index (χ4v) is 1.70. The molecule has 0 amide bonds. The molecular weight excluding hydrogens is 192 g/mol. The maximum absolute atomic E-state index is 8.61. The zero-order valence-corrected chi connectivity index (χ0v) is 8.56. The molecule has 6 heteroatoms. The molecule has 15 heavy (non-hydrogen) atoms. The number of rotatable bonds is 3. The molecule has 1 fully saturated rings. The third kappa shape index (κ3) is 2.52. The summed E-state index contributed by atoms with van der Waals surface area (Å²) >= 11 is 0. The predicted octanol–water partition coefficient (Wildman–Crippen LogP) is -0.793. The average molecular weight is 206 g/mol. The Hall–Kier alpha value is -1.45. The minimum Gasteiger partial charge on any atom is -0.314 e. The fraction of sp³-hybridized carbons (Fsp3) is 0.667. The van der Waals surface area contributed by atoms with E-state index in [9.17, 15) is 0 Å². The van der Waals surface area contributed by atoms with Crippen LogP contribution in [0.3, 0.4) is 0 Å². The summed E-state index contributed by atoms with van der Waals surface area (Å²) in [6.07, 6.45) is 1.74. The lowest BCUT2D eigenvalue weighted by atomic mass is 10.3. The van der Waals surface area contributed by atoms with E-state index in [2.05, 4.69) is 26.6 Å². The van der Waals surface area contributed by atoms with Crippen molar-refractivity contribution in [2.24, 2.45) is 0 Å². The molecule has 1 saturated heterocycles. The fourth-order valence-electron chi connectivity index (χ4n) is 1.70. The lowest BCUT2D eigenvalue weighted by Gasteiger charge is -2.26. The van der Waals surface area contributed by atoms with E-state index in [-0.39, 0.29) is 6.54 Å². The number of nitriles is 1. The third-order valence-electron chi connectivity index (χ3n) is 2.51. The van der Waals surface area contributed by atoms with Crippen LogP contribution in [-0.2, 0) is 13.1 Å². The number of hydrogen-bond acceptors (Lipinski definition) is 5. The van der Waals surface area contributed by atoms with Crippen LogP contribution >= 0.6 is 0 Å². The Morgan fingerprint density at radius 2 is 2.27 bits per heavy atom. The first-order valence-electron chi connectivity index (χ1n) is 5.07. The van der Waals surface area contributed by atoms with Crippen LogP contribution in [0.5, 0.6) is 0 Å². The summed E-state index contributed by atoms with van der Waals surface area (Å²) in [4.78, 5) is 2.34. The molecule has 0 radical (unpaired) electrons. The molecule has 6 nitrogen and oxygen atoms in total. The molecule has 0 aromatic carbocycles. The van der Waals surface area contributed by atoms with E-state index < -0.39 is 0 Å². The third-order valence-corrected chi connectivity index (χ3v) is 2.51. The van der Waals surface area contributed by atoms with Crippen LogP contribution in [0, 0.1) is 11.3 Å². The number of nitrogens with one attached hydrogen (secondary N) is 1. The number of aromatic nitrogens is 3. The molecule has 0 saturated carbocycles. The summed E-state index contributed by atoms with van der Waals surface area (Å²) in [6.45, 7) is 5.24. The van der Waals surface area contributed by atoms with E-state index in [4.69, 9.17) is 5.26 Å². The van der Waals surface area contributed by atoms with E-state index >= 15 is 0 Å². The molecule has 1 aromatic heterocycles. The molecule has 2 rings (SSSR count). The number of nitrogens with zero attached hydrogens (tertiary/aromatic N) is 5. The van der Waals surface area contributed by atoms with Gasteiger partial charge in [-0.1, -0.05) is 5.21 Å². The van der Waals surface area contributed by atoms with Gasteiger partial charge in [0, 0.05) is 32.7 Å². The largest absolute Gasteiger partial charge is 0.314 e. The zero-order valence-electron chi connectivity index (χ0n) is 8.56. The Bertz CT molecular complexity index is 346. The molecule has 2 heterocycles. The van der Waals surface area contributed by atoms with Crippen LogP contribution in [0.4, 0.5) is 0 Å². The van der Waals surface area contributed by atoms with Gasteiger partial charge in [0.25, 0.3) is 0 Å². The summed E-state index contributed by atoms with van der Waals surface area (Å²) in [7, 11) is 0. The van der Waals surface area contributed by atoms with Gasteiger partial charge in [0.05, 0.1) is 18.0 Å². The lowest BCUT2D eigenvalue weighted by Crippen LogP contribution is -2.43. The minimum absolute atomic E-state index is 0.279. The first-order chi connectivity index (χ1) is 7.40. The van der Waals surface area contributed by atoms with Gasteiger partial charge in [-0.3, -0.25) is 4.90 Å². The van der Waals surface area contributed by atoms with Crippen LogP contribution in [-0.4, -0.2) is 46.1 Å². The van der Waals surface area contributed by atoms with Crippen LogP contribution in [0.25, 0.3) is 0 Å². The maximum Gasteiger partial charge on any atom is 0.130 e. The SMILES string of the molecule is N#CCn1nncc1CN1CCNCC1. The molecule has 80 valence electrons. The van der Waals surface area contributed by atoms with Crippen molar-refractivity contribution < 1.29 is 0 Å². The second kappa shape index (κ2) is 4.87. The highest BCUT2D eigenvalue weighted by atomic mass is 15.4. The molecule has 0 spiro atoms. The molecule has 0 unspecified atom stereocenters. The molecule has 1 N–H and O–H groups in total. The maximum atomic E-state index is 8.61. The summed E-state index contributed by atoms with van der Waals surface area (Å²) in [5.41, 5.74) is 1.01. The molecule has 1 aliphatic heterocycles. The molecule has 0 aliphatic carbocycles. The minimum atomic E-state index is 0.279. The Morgan fingerprint density at radius 3 is 3.00 bits per heavy atom. The molecule has 1 aliphatic rings. The summed E-state index contributed by atoms with van der Waals surface area (Å²) in [6, 6.07) is 2.08. The van der Waals surface area contributed by atoms with Gasteiger partial charge in [-0.05, 0) is 0 Å². The van der Waals surface area contributed by atoms with Crippen molar-refractivity contribution in [1.29, 1.82) is 5.26 Å². The topological polar surface area (TPSA) is 69.8 Å². The Labute approximate surface area is 88.5 Å². The lowest BCUT2D eigenvalue weighted by molar-refractivity contribution is 0.227. The van der Waals surface area contributed by atoms with Gasteiger partial charge in [0.2, 0.25) is 0 Å². The van der Waals surface area contributed by atoms with Crippen molar-refractivity contribution in [2.45, 2.75) is 13.1 Å². The van der Waals surface area contributed by atoms with Crippen molar-refractivity contribution in [3.05, 3.63) is 11.9 Å². The monoisotopic (exact) mass is 206 g/mol. The van der Waals surface area contributed by atoms with Crippen LogP contribution in [0.1, 0.15) is 5.69 Å². The average Bonchev–Trinajstić information content (AvgIpc) is 2.68. The van der Waals surface area contributed by atoms with Gasteiger partial charge in [0.15, 0.2) is 0 Å². The summed E-state index contributed by atoms with van der Waals surface area (Å²) in [5.74, 6) is 0. The second-order valence-electron chi connectivity index (χ2n) is 3.57. The van der Waals surface area contributed by atoms with Gasteiger partial charge in [-0.2, -0.15) is 5.26 Å². The van der Waals surface area contributed by atoms with Crippen molar-refractivity contribution in [3.8, 4) is 6.07 Å². The number of hydrogen-bond donors (Lipinski definition) is 1. The highest BCUT2D eigenvalue weighted by Crippen LogP contribution is 2.03. The van der Waals surface area contributed by atoms with Gasteiger partial charge < -0.3 is 5.32 Å². The van der Waals surface area contributed by atoms with Crippen LogP contribution in [0.2, 0.25) is 0 Å². The van der Waals surface area contributed by atoms with E-state index in [0.29, 0.717) is 0 Å². The zero-order chi connectivity index (χ0) is 10.5. The van der Waals surface area contributed by atoms with E-state index in [1.165, 1.54) is 0 Å². The standard InChI is InChI=1S/C9H14N6/c10-1-4-15-9(7-12-13-15)8-14-5-2-11-3-6-14/h7,11H,2-6,8H2. The van der Waals surface area contributed by atoms with Gasteiger partial charge in [0.1, 0.15) is 6.54 Å². The first kappa shape index (κ1) is 10.1. The van der Waals surface area contributed by atoms with Crippen molar-refractivity contribution in [3.63, 3.8) is 0 Å². The Morgan fingerprint density at radius 1 is 1.47 bits per heavy atom. The smallest absolute Gasteiger partial charge is 0.130 e. The van der Waals surface area contributed by atoms with Crippen molar-refractivity contribution in [2.75, 3.05) is 26.2 Å². The predicted molar refractivity (Wildman–Crippen MR) is 53.8 cm³/mol.